The molecule has 0 saturated carbocycles. The molecule has 0 bridgehead atoms. The van der Waals surface area contributed by atoms with Gasteiger partial charge < -0.3 is 4.90 Å². The highest BCUT2D eigenvalue weighted by molar-refractivity contribution is 7.20. The van der Waals surface area contributed by atoms with Gasteiger partial charge >= 0.3 is 0 Å². The Morgan fingerprint density at radius 2 is 2.36 bits per heavy atom. The topological polar surface area (TPSA) is 38.1 Å². The van der Waals surface area contributed by atoms with E-state index in [1.54, 1.807) is 17.4 Å². The van der Waals surface area contributed by atoms with E-state index in [4.69, 9.17) is 0 Å². The molecule has 114 valence electrons. The maximum Gasteiger partial charge on any atom is 0.264 e. The molecule has 0 aliphatic rings. The average molecular weight is 331 g/mol. The molecule has 0 spiro atoms. The third-order valence-electron chi connectivity index (χ3n) is 3.47. The summed E-state index contributed by atoms with van der Waals surface area (Å²) < 4.78 is 1.84. The predicted molar refractivity (Wildman–Crippen MR) is 92.6 cm³/mol. The molecule has 4 nitrogen and oxygen atoms in total. The molecule has 22 heavy (non-hydrogen) atoms. The van der Waals surface area contributed by atoms with E-state index in [0.29, 0.717) is 13.1 Å². The van der Waals surface area contributed by atoms with Gasteiger partial charge in [-0.2, -0.15) is 5.10 Å². The first kappa shape index (κ1) is 15.0. The summed E-state index contributed by atoms with van der Waals surface area (Å²) in [6, 6.07) is 6.01. The van der Waals surface area contributed by atoms with Gasteiger partial charge in [0.15, 0.2) is 0 Å². The molecule has 0 atom stereocenters. The third-order valence-corrected chi connectivity index (χ3v) is 5.52. The summed E-state index contributed by atoms with van der Waals surface area (Å²) in [4.78, 5) is 17.6. The number of nitrogens with zero attached hydrogens (tertiary/aromatic N) is 3. The number of fused-ring (bicyclic) bond motifs is 1. The first-order chi connectivity index (χ1) is 10.6. The second-order valence-corrected chi connectivity index (χ2v) is 7.16. The number of aromatic nitrogens is 2. The summed E-state index contributed by atoms with van der Waals surface area (Å²) in [6.45, 7) is 6.90. The Hall–Kier alpha value is -1.92. The highest BCUT2D eigenvalue weighted by Gasteiger charge is 2.20. The SMILES string of the molecule is C=CCN(Cc1cccs1)C(=O)c1cc2c(C)nn(C)c2s1. The van der Waals surface area contributed by atoms with Crippen LogP contribution in [-0.2, 0) is 13.6 Å². The third kappa shape index (κ3) is 2.71. The molecule has 0 N–H and O–H groups in total. The van der Waals surface area contributed by atoms with Gasteiger partial charge in [0.05, 0.1) is 17.1 Å². The van der Waals surface area contributed by atoms with Crippen LogP contribution in [0.2, 0.25) is 0 Å². The standard InChI is InChI=1S/C16H17N3OS2/c1-4-7-19(10-12-6-5-8-21-12)15(20)14-9-13-11(2)17-18(3)16(13)22-14/h4-6,8-9H,1,7,10H2,2-3H3. The minimum Gasteiger partial charge on any atom is -0.329 e. The number of aryl methyl sites for hydroxylation is 2. The van der Waals surface area contributed by atoms with Gasteiger partial charge in [0.2, 0.25) is 0 Å². The molecule has 0 fully saturated rings. The lowest BCUT2D eigenvalue weighted by Crippen LogP contribution is -2.29. The van der Waals surface area contributed by atoms with Crippen molar-refractivity contribution in [1.82, 2.24) is 14.7 Å². The number of rotatable bonds is 5. The van der Waals surface area contributed by atoms with Crippen LogP contribution in [-0.4, -0.2) is 27.1 Å². The lowest BCUT2D eigenvalue weighted by Gasteiger charge is -2.19. The largest absolute Gasteiger partial charge is 0.329 e. The van der Waals surface area contributed by atoms with Gasteiger partial charge in [-0.1, -0.05) is 12.1 Å². The zero-order valence-corrected chi connectivity index (χ0v) is 14.2. The monoisotopic (exact) mass is 331 g/mol. The Morgan fingerprint density at radius 1 is 1.55 bits per heavy atom. The van der Waals surface area contributed by atoms with E-state index in [1.807, 2.05) is 47.1 Å². The summed E-state index contributed by atoms with van der Waals surface area (Å²) >= 11 is 3.16. The van der Waals surface area contributed by atoms with E-state index in [9.17, 15) is 4.79 Å². The van der Waals surface area contributed by atoms with Crippen molar-refractivity contribution in [2.24, 2.45) is 7.05 Å². The Bertz CT molecular complexity index is 780. The van der Waals surface area contributed by atoms with Gasteiger partial charge in [-0.25, -0.2) is 0 Å². The lowest BCUT2D eigenvalue weighted by molar-refractivity contribution is 0.0769. The molecule has 3 rings (SSSR count). The van der Waals surface area contributed by atoms with E-state index in [1.165, 1.54) is 16.2 Å². The van der Waals surface area contributed by atoms with Crippen LogP contribution < -0.4 is 0 Å². The number of hydrogen-bond donors (Lipinski definition) is 0. The van der Waals surface area contributed by atoms with E-state index in [0.717, 1.165) is 20.8 Å². The first-order valence-electron chi connectivity index (χ1n) is 6.96. The van der Waals surface area contributed by atoms with Crippen molar-refractivity contribution >= 4 is 38.8 Å². The minimum absolute atomic E-state index is 0.0499. The number of carbonyl (C=O) groups is 1. The molecule has 0 saturated heterocycles. The van der Waals surface area contributed by atoms with Crippen LogP contribution >= 0.6 is 22.7 Å². The molecule has 3 aromatic heterocycles. The summed E-state index contributed by atoms with van der Waals surface area (Å²) in [5.74, 6) is 0.0499. The molecule has 0 aliphatic carbocycles. The molecular weight excluding hydrogens is 314 g/mol. The van der Waals surface area contributed by atoms with Crippen LogP contribution in [0.15, 0.2) is 36.2 Å². The fraction of sp³-hybridized carbons (Fsp3) is 0.250. The van der Waals surface area contributed by atoms with Crippen LogP contribution in [0.25, 0.3) is 10.2 Å². The maximum absolute atomic E-state index is 12.8. The van der Waals surface area contributed by atoms with E-state index in [2.05, 4.69) is 11.7 Å². The Balaban J connectivity index is 1.90. The van der Waals surface area contributed by atoms with Crippen molar-refractivity contribution in [3.05, 3.63) is 51.7 Å². The highest BCUT2D eigenvalue weighted by atomic mass is 32.1. The highest BCUT2D eigenvalue weighted by Crippen LogP contribution is 2.29. The molecular formula is C16H17N3OS2. The normalized spacial score (nSPS) is 11.0. The number of thiophene rings is 2. The van der Waals surface area contributed by atoms with Crippen LogP contribution in [0.3, 0.4) is 0 Å². The van der Waals surface area contributed by atoms with Gasteiger partial charge in [-0.3, -0.25) is 9.48 Å². The van der Waals surface area contributed by atoms with Crippen molar-refractivity contribution in [3.8, 4) is 0 Å². The summed E-state index contributed by atoms with van der Waals surface area (Å²) in [6.07, 6.45) is 1.77. The summed E-state index contributed by atoms with van der Waals surface area (Å²) in [7, 11) is 1.91. The first-order valence-corrected chi connectivity index (χ1v) is 8.65. The van der Waals surface area contributed by atoms with Crippen LogP contribution in [0.5, 0.6) is 0 Å². The Morgan fingerprint density at radius 3 is 3.00 bits per heavy atom. The van der Waals surface area contributed by atoms with Crippen molar-refractivity contribution < 1.29 is 4.79 Å². The van der Waals surface area contributed by atoms with Crippen molar-refractivity contribution in [2.45, 2.75) is 13.5 Å². The Kier molecular flexibility index (Phi) is 4.13. The van der Waals surface area contributed by atoms with Crippen molar-refractivity contribution in [2.75, 3.05) is 6.54 Å². The number of carbonyl (C=O) groups excluding carboxylic acids is 1. The lowest BCUT2D eigenvalue weighted by atomic mass is 10.3. The summed E-state index contributed by atoms with van der Waals surface area (Å²) in [5, 5.41) is 7.47. The molecule has 0 aromatic carbocycles. The van der Waals surface area contributed by atoms with Crippen LogP contribution in [0.1, 0.15) is 20.2 Å². The van der Waals surface area contributed by atoms with Crippen LogP contribution in [0.4, 0.5) is 0 Å². The molecule has 0 radical (unpaired) electrons. The molecule has 6 heteroatoms. The predicted octanol–water partition coefficient (Wildman–Crippen LogP) is 3.83. The smallest absolute Gasteiger partial charge is 0.264 e. The molecule has 3 heterocycles. The quantitative estimate of drug-likeness (QED) is 0.666. The van der Waals surface area contributed by atoms with Crippen LogP contribution in [0, 0.1) is 6.92 Å². The second kappa shape index (κ2) is 6.06. The van der Waals surface area contributed by atoms with Gasteiger partial charge in [0.1, 0.15) is 4.83 Å². The van der Waals surface area contributed by atoms with E-state index < -0.39 is 0 Å². The average Bonchev–Trinajstić information content (AvgIpc) is 3.19. The zero-order chi connectivity index (χ0) is 15.7. The van der Waals surface area contributed by atoms with Gasteiger partial charge in [-0.05, 0) is 24.4 Å². The van der Waals surface area contributed by atoms with Gasteiger partial charge in [0.25, 0.3) is 5.91 Å². The summed E-state index contributed by atoms with van der Waals surface area (Å²) in [5.41, 5.74) is 0.960. The second-order valence-electron chi connectivity index (χ2n) is 5.09. The zero-order valence-electron chi connectivity index (χ0n) is 12.6. The van der Waals surface area contributed by atoms with E-state index >= 15 is 0 Å². The number of hydrogen-bond acceptors (Lipinski definition) is 4. The van der Waals surface area contributed by atoms with Crippen molar-refractivity contribution in [1.29, 1.82) is 0 Å². The van der Waals surface area contributed by atoms with E-state index in [-0.39, 0.29) is 5.91 Å². The fourth-order valence-electron chi connectivity index (χ4n) is 2.43. The fourth-order valence-corrected chi connectivity index (χ4v) is 4.24. The Labute approximate surface area is 137 Å². The minimum atomic E-state index is 0.0499. The van der Waals surface area contributed by atoms with Gasteiger partial charge in [-0.15, -0.1) is 29.3 Å². The maximum atomic E-state index is 12.8. The van der Waals surface area contributed by atoms with Crippen molar-refractivity contribution in [3.63, 3.8) is 0 Å². The molecule has 0 aliphatic heterocycles. The van der Waals surface area contributed by atoms with Gasteiger partial charge in [0, 0.05) is 23.9 Å². The number of amides is 1. The molecule has 3 aromatic rings. The molecule has 1 amide bonds. The molecule has 0 unspecified atom stereocenters.